The molecule has 1 aliphatic carbocycles. The number of benzene rings is 2. The first-order chi connectivity index (χ1) is 12.8. The van der Waals surface area contributed by atoms with Gasteiger partial charge in [-0.25, -0.2) is 0 Å². The van der Waals surface area contributed by atoms with Crippen LogP contribution in [0.25, 0.3) is 0 Å². The SMILES string of the molecule is I.NC(=NCC1(c2ccccc2)CCOCC1)Nc1ccc2c(c1)CCC2. The van der Waals surface area contributed by atoms with Crippen molar-refractivity contribution in [2.45, 2.75) is 37.5 Å². The van der Waals surface area contributed by atoms with E-state index in [0.29, 0.717) is 12.5 Å². The normalized spacial score (nSPS) is 18.4. The number of rotatable bonds is 4. The predicted molar refractivity (Wildman–Crippen MR) is 122 cm³/mol. The summed E-state index contributed by atoms with van der Waals surface area (Å²) < 4.78 is 5.60. The summed E-state index contributed by atoms with van der Waals surface area (Å²) in [6.45, 7) is 2.25. The molecule has 2 aliphatic rings. The summed E-state index contributed by atoms with van der Waals surface area (Å²) in [6.07, 6.45) is 5.57. The molecule has 27 heavy (non-hydrogen) atoms. The number of ether oxygens (including phenoxy) is 1. The molecule has 0 amide bonds. The Balaban J connectivity index is 0.00000210. The molecular formula is C22H28IN3O. The number of nitrogens with one attached hydrogen (secondary N) is 1. The number of fused-ring (bicyclic) bond motifs is 1. The maximum atomic E-state index is 6.21. The molecule has 0 saturated carbocycles. The molecule has 3 N–H and O–H groups in total. The Morgan fingerprint density at radius 1 is 1.04 bits per heavy atom. The summed E-state index contributed by atoms with van der Waals surface area (Å²) in [6, 6.07) is 17.2. The average Bonchev–Trinajstić information content (AvgIpc) is 3.16. The van der Waals surface area contributed by atoms with Crippen LogP contribution >= 0.6 is 24.0 Å². The molecule has 0 unspecified atom stereocenters. The number of aryl methyl sites for hydroxylation is 2. The zero-order chi connectivity index (χ0) is 17.8. The van der Waals surface area contributed by atoms with Gasteiger partial charge in [0.05, 0.1) is 6.54 Å². The van der Waals surface area contributed by atoms with Crippen LogP contribution in [0.3, 0.4) is 0 Å². The number of aliphatic imine (C=N–C) groups is 1. The first-order valence-electron chi connectivity index (χ1n) is 9.57. The molecule has 1 saturated heterocycles. The molecule has 1 heterocycles. The van der Waals surface area contributed by atoms with E-state index < -0.39 is 0 Å². The highest BCUT2D eigenvalue weighted by Gasteiger charge is 2.34. The van der Waals surface area contributed by atoms with Gasteiger partial charge in [-0.15, -0.1) is 24.0 Å². The maximum Gasteiger partial charge on any atom is 0.193 e. The molecule has 4 rings (SSSR count). The van der Waals surface area contributed by atoms with E-state index in [9.17, 15) is 0 Å². The number of halogens is 1. The number of anilines is 1. The van der Waals surface area contributed by atoms with Crippen molar-refractivity contribution in [3.8, 4) is 0 Å². The van der Waals surface area contributed by atoms with Crippen LogP contribution in [0.1, 0.15) is 36.0 Å². The summed E-state index contributed by atoms with van der Waals surface area (Å²) in [5.74, 6) is 0.491. The largest absolute Gasteiger partial charge is 0.381 e. The highest BCUT2D eigenvalue weighted by Crippen LogP contribution is 2.35. The van der Waals surface area contributed by atoms with Gasteiger partial charge in [-0.3, -0.25) is 4.99 Å². The van der Waals surface area contributed by atoms with E-state index in [1.165, 1.54) is 36.0 Å². The van der Waals surface area contributed by atoms with Gasteiger partial charge in [0.25, 0.3) is 0 Å². The van der Waals surface area contributed by atoms with Crippen LogP contribution in [-0.4, -0.2) is 25.7 Å². The lowest BCUT2D eigenvalue weighted by Gasteiger charge is -2.36. The number of hydrogen-bond acceptors (Lipinski definition) is 2. The van der Waals surface area contributed by atoms with E-state index in [0.717, 1.165) is 31.7 Å². The Labute approximate surface area is 178 Å². The van der Waals surface area contributed by atoms with Crippen LogP contribution in [-0.2, 0) is 23.0 Å². The second-order valence-electron chi connectivity index (χ2n) is 7.42. The topological polar surface area (TPSA) is 59.6 Å². The minimum atomic E-state index is 0. The summed E-state index contributed by atoms with van der Waals surface area (Å²) >= 11 is 0. The smallest absolute Gasteiger partial charge is 0.193 e. The van der Waals surface area contributed by atoms with Crippen molar-refractivity contribution < 1.29 is 4.74 Å². The fraction of sp³-hybridized carbons (Fsp3) is 0.409. The fourth-order valence-corrected chi connectivity index (χ4v) is 4.17. The maximum absolute atomic E-state index is 6.21. The summed E-state index contributed by atoms with van der Waals surface area (Å²) in [5, 5.41) is 3.28. The molecule has 0 spiro atoms. The lowest BCUT2D eigenvalue weighted by atomic mass is 9.74. The van der Waals surface area contributed by atoms with Crippen LogP contribution in [0.4, 0.5) is 5.69 Å². The second kappa shape index (κ2) is 9.06. The molecule has 2 aromatic carbocycles. The lowest BCUT2D eigenvalue weighted by Crippen LogP contribution is -2.38. The Kier molecular flexibility index (Phi) is 6.76. The van der Waals surface area contributed by atoms with Crippen molar-refractivity contribution in [3.05, 3.63) is 65.2 Å². The minimum Gasteiger partial charge on any atom is -0.381 e. The number of guanidine groups is 1. The zero-order valence-electron chi connectivity index (χ0n) is 15.6. The van der Waals surface area contributed by atoms with Crippen LogP contribution in [0, 0.1) is 0 Å². The summed E-state index contributed by atoms with van der Waals surface area (Å²) in [7, 11) is 0. The molecule has 1 aliphatic heterocycles. The highest BCUT2D eigenvalue weighted by molar-refractivity contribution is 14.0. The van der Waals surface area contributed by atoms with Crippen molar-refractivity contribution in [1.82, 2.24) is 0 Å². The second-order valence-corrected chi connectivity index (χ2v) is 7.42. The van der Waals surface area contributed by atoms with E-state index in [1.807, 2.05) is 0 Å². The highest BCUT2D eigenvalue weighted by atomic mass is 127. The van der Waals surface area contributed by atoms with Crippen molar-refractivity contribution in [1.29, 1.82) is 0 Å². The Bertz CT molecular complexity index is 785. The molecule has 2 aromatic rings. The first kappa shape index (κ1) is 20.1. The van der Waals surface area contributed by atoms with Gasteiger partial charge in [0.15, 0.2) is 5.96 Å². The molecule has 144 valence electrons. The Morgan fingerprint density at radius 3 is 2.56 bits per heavy atom. The van der Waals surface area contributed by atoms with Crippen molar-refractivity contribution in [3.63, 3.8) is 0 Å². The Hall–Kier alpha value is -1.60. The zero-order valence-corrected chi connectivity index (χ0v) is 17.9. The molecular weight excluding hydrogens is 449 g/mol. The first-order valence-corrected chi connectivity index (χ1v) is 9.57. The summed E-state index contributed by atoms with van der Waals surface area (Å²) in [5.41, 5.74) is 11.5. The van der Waals surface area contributed by atoms with E-state index in [2.05, 4.69) is 53.8 Å². The number of nitrogens with zero attached hydrogens (tertiary/aromatic N) is 1. The quantitative estimate of drug-likeness (QED) is 0.393. The van der Waals surface area contributed by atoms with Gasteiger partial charge in [0.1, 0.15) is 0 Å². The van der Waals surface area contributed by atoms with Crippen molar-refractivity contribution in [2.24, 2.45) is 10.7 Å². The third-order valence-electron chi connectivity index (χ3n) is 5.76. The van der Waals surface area contributed by atoms with Gasteiger partial charge >= 0.3 is 0 Å². The van der Waals surface area contributed by atoms with E-state index >= 15 is 0 Å². The van der Waals surface area contributed by atoms with Crippen LogP contribution in [0.2, 0.25) is 0 Å². The van der Waals surface area contributed by atoms with Gasteiger partial charge in [0, 0.05) is 24.3 Å². The van der Waals surface area contributed by atoms with Gasteiger partial charge < -0.3 is 15.8 Å². The molecule has 4 nitrogen and oxygen atoms in total. The summed E-state index contributed by atoms with van der Waals surface area (Å²) in [4.78, 5) is 4.71. The molecule has 5 heteroatoms. The molecule has 0 bridgehead atoms. The van der Waals surface area contributed by atoms with E-state index in [4.69, 9.17) is 15.5 Å². The third-order valence-corrected chi connectivity index (χ3v) is 5.76. The van der Waals surface area contributed by atoms with Gasteiger partial charge in [0.2, 0.25) is 0 Å². The third kappa shape index (κ3) is 4.63. The fourth-order valence-electron chi connectivity index (χ4n) is 4.17. The van der Waals surface area contributed by atoms with E-state index in [1.54, 1.807) is 0 Å². The molecule has 0 aromatic heterocycles. The monoisotopic (exact) mass is 477 g/mol. The number of nitrogens with two attached hydrogens (primary N) is 1. The standard InChI is InChI=1S/C22H27N3O.HI/c23-21(25-20-10-9-17-5-4-6-18(17)15-20)24-16-22(11-13-26-14-12-22)19-7-2-1-3-8-19;/h1-3,7-10,15H,4-6,11-14,16H2,(H3,23,24,25);1H. The van der Waals surface area contributed by atoms with Gasteiger partial charge in [-0.2, -0.15) is 0 Å². The van der Waals surface area contributed by atoms with Crippen LogP contribution in [0.15, 0.2) is 53.5 Å². The molecule has 1 fully saturated rings. The van der Waals surface area contributed by atoms with Crippen molar-refractivity contribution in [2.75, 3.05) is 25.1 Å². The minimum absolute atomic E-state index is 0. The van der Waals surface area contributed by atoms with Gasteiger partial charge in [-0.1, -0.05) is 36.4 Å². The average molecular weight is 477 g/mol. The van der Waals surface area contributed by atoms with E-state index in [-0.39, 0.29) is 29.4 Å². The molecule has 0 radical (unpaired) electrons. The van der Waals surface area contributed by atoms with Gasteiger partial charge in [-0.05, 0) is 60.9 Å². The predicted octanol–water partition coefficient (Wildman–Crippen LogP) is 4.27. The van der Waals surface area contributed by atoms with Crippen molar-refractivity contribution >= 4 is 35.6 Å². The lowest BCUT2D eigenvalue weighted by molar-refractivity contribution is 0.0531. The van der Waals surface area contributed by atoms with Crippen LogP contribution in [0.5, 0.6) is 0 Å². The Morgan fingerprint density at radius 2 is 1.78 bits per heavy atom. The van der Waals surface area contributed by atoms with Crippen LogP contribution < -0.4 is 11.1 Å². The molecule has 0 atom stereocenters. The number of hydrogen-bond donors (Lipinski definition) is 2.